The summed E-state index contributed by atoms with van der Waals surface area (Å²) in [5, 5.41) is 9.83. The highest BCUT2D eigenvalue weighted by atomic mass is 15.0. The van der Waals surface area contributed by atoms with Gasteiger partial charge in [-0.2, -0.15) is 0 Å². The van der Waals surface area contributed by atoms with Crippen molar-refractivity contribution in [3.63, 3.8) is 0 Å². The summed E-state index contributed by atoms with van der Waals surface area (Å²) in [7, 11) is 0. The Labute approximate surface area is 300 Å². The van der Waals surface area contributed by atoms with Crippen LogP contribution in [0, 0.1) is 0 Å². The lowest BCUT2D eigenvalue weighted by Gasteiger charge is -2.14. The quantitative estimate of drug-likeness (QED) is 0.172. The Morgan fingerprint density at radius 1 is 0.288 bits per heavy atom. The van der Waals surface area contributed by atoms with Crippen LogP contribution in [0.1, 0.15) is 0 Å². The number of aromatic nitrogens is 4. The molecule has 10 rings (SSSR count). The average Bonchev–Trinajstić information content (AvgIpc) is 3.23. The summed E-state index contributed by atoms with van der Waals surface area (Å²) < 4.78 is 0. The van der Waals surface area contributed by atoms with Crippen molar-refractivity contribution in [1.82, 2.24) is 19.9 Å². The van der Waals surface area contributed by atoms with Gasteiger partial charge in [0.1, 0.15) is 0 Å². The molecule has 242 valence electrons. The molecular weight excluding hydrogens is 633 g/mol. The average molecular weight is 663 g/mol. The van der Waals surface area contributed by atoms with Gasteiger partial charge in [0.2, 0.25) is 0 Å². The van der Waals surface area contributed by atoms with Gasteiger partial charge in [-0.1, -0.05) is 164 Å². The van der Waals surface area contributed by atoms with Gasteiger partial charge in [0.25, 0.3) is 0 Å². The third kappa shape index (κ3) is 5.17. The first-order valence-corrected chi connectivity index (χ1v) is 17.5. The molecular formula is C48H30N4. The molecule has 0 aliphatic carbocycles. The zero-order valence-corrected chi connectivity index (χ0v) is 28.1. The lowest BCUT2D eigenvalue weighted by atomic mass is 9.90. The molecule has 0 aliphatic rings. The van der Waals surface area contributed by atoms with Crippen LogP contribution in [0.25, 0.3) is 99.5 Å². The Bertz CT molecular complexity index is 2930. The first-order valence-electron chi connectivity index (χ1n) is 17.5. The first-order chi connectivity index (χ1) is 25.8. The minimum Gasteiger partial charge on any atom is -0.263 e. The molecule has 0 N–H and O–H groups in total. The molecule has 0 bridgehead atoms. The smallest absolute Gasteiger partial charge is 0.164 e. The highest BCUT2D eigenvalue weighted by Crippen LogP contribution is 2.39. The van der Waals surface area contributed by atoms with Crippen molar-refractivity contribution in [3.8, 4) is 56.4 Å². The summed E-state index contributed by atoms with van der Waals surface area (Å²) in [6, 6.07) is 59.6. The number of nitrogens with zero attached hydrogens (tertiary/aromatic N) is 4. The number of fused-ring (bicyclic) bond motifs is 6. The maximum Gasteiger partial charge on any atom is 0.164 e. The molecule has 0 saturated heterocycles. The number of rotatable bonds is 5. The second kappa shape index (κ2) is 12.4. The fourth-order valence-corrected chi connectivity index (χ4v) is 7.41. The second-order valence-corrected chi connectivity index (χ2v) is 13.1. The van der Waals surface area contributed by atoms with Crippen LogP contribution in [-0.4, -0.2) is 19.9 Å². The maximum absolute atomic E-state index is 5.04. The molecule has 0 saturated carbocycles. The van der Waals surface area contributed by atoms with E-state index in [0.717, 1.165) is 38.8 Å². The van der Waals surface area contributed by atoms with E-state index in [1.807, 2.05) is 48.8 Å². The van der Waals surface area contributed by atoms with E-state index in [4.69, 9.17) is 15.0 Å². The molecule has 0 radical (unpaired) electrons. The van der Waals surface area contributed by atoms with E-state index < -0.39 is 0 Å². The van der Waals surface area contributed by atoms with Gasteiger partial charge in [-0.25, -0.2) is 15.0 Å². The third-order valence-corrected chi connectivity index (χ3v) is 9.99. The van der Waals surface area contributed by atoms with Crippen LogP contribution < -0.4 is 0 Å². The van der Waals surface area contributed by atoms with Crippen molar-refractivity contribution in [1.29, 1.82) is 0 Å². The molecule has 0 amide bonds. The van der Waals surface area contributed by atoms with Gasteiger partial charge >= 0.3 is 0 Å². The Morgan fingerprint density at radius 2 is 0.769 bits per heavy atom. The highest BCUT2D eigenvalue weighted by molar-refractivity contribution is 6.23. The summed E-state index contributed by atoms with van der Waals surface area (Å²) in [5.74, 6) is 1.90. The van der Waals surface area contributed by atoms with E-state index in [-0.39, 0.29) is 0 Å². The minimum absolute atomic E-state index is 0.628. The predicted molar refractivity (Wildman–Crippen MR) is 215 cm³/mol. The normalized spacial score (nSPS) is 11.5. The Morgan fingerprint density at radius 3 is 1.44 bits per heavy atom. The van der Waals surface area contributed by atoms with Crippen molar-refractivity contribution in [2.24, 2.45) is 0 Å². The molecule has 0 unspecified atom stereocenters. The van der Waals surface area contributed by atoms with Crippen molar-refractivity contribution < 1.29 is 0 Å². The third-order valence-electron chi connectivity index (χ3n) is 9.99. The molecule has 2 heterocycles. The highest BCUT2D eigenvalue weighted by Gasteiger charge is 2.15. The van der Waals surface area contributed by atoms with Crippen molar-refractivity contribution in [2.45, 2.75) is 0 Å². The Hall–Kier alpha value is -7.04. The van der Waals surface area contributed by atoms with Crippen LogP contribution in [0.2, 0.25) is 0 Å². The molecule has 0 atom stereocenters. The van der Waals surface area contributed by atoms with E-state index in [2.05, 4.69) is 138 Å². The molecule has 0 aliphatic heterocycles. The number of hydrogen-bond donors (Lipinski definition) is 0. The van der Waals surface area contributed by atoms with Crippen LogP contribution in [0.15, 0.2) is 182 Å². The fourth-order valence-electron chi connectivity index (χ4n) is 7.41. The second-order valence-electron chi connectivity index (χ2n) is 13.1. The summed E-state index contributed by atoms with van der Waals surface area (Å²) in [6.07, 6.45) is 3.83. The first kappa shape index (κ1) is 29.8. The standard InChI is InChI=1S/C48H30N4/c1-2-11-34(12-3-1)46-50-47(52-48(51-46)36-25-20-33(21-26-36)44-30-49-29-38-13-5-6-14-39(38)44)35-23-18-32(19-24-35)43-28-37-27-22-31-10-4-7-15-40(31)45(37)42-17-9-8-16-41(42)43/h1-30H. The Balaban J connectivity index is 1.06. The van der Waals surface area contributed by atoms with Gasteiger partial charge in [-0.15, -0.1) is 0 Å². The summed E-state index contributed by atoms with van der Waals surface area (Å²) in [6.45, 7) is 0. The molecule has 0 spiro atoms. The summed E-state index contributed by atoms with van der Waals surface area (Å²) in [4.78, 5) is 19.5. The van der Waals surface area contributed by atoms with Gasteiger partial charge < -0.3 is 0 Å². The molecule has 2 aromatic heterocycles. The molecule has 4 nitrogen and oxygen atoms in total. The van der Waals surface area contributed by atoms with Gasteiger partial charge in [0.05, 0.1) is 0 Å². The summed E-state index contributed by atoms with van der Waals surface area (Å²) >= 11 is 0. The van der Waals surface area contributed by atoms with Gasteiger partial charge in [0.15, 0.2) is 17.5 Å². The van der Waals surface area contributed by atoms with Crippen LogP contribution in [-0.2, 0) is 0 Å². The van der Waals surface area contributed by atoms with Crippen molar-refractivity contribution in [3.05, 3.63) is 182 Å². The van der Waals surface area contributed by atoms with Gasteiger partial charge in [-0.3, -0.25) is 4.98 Å². The van der Waals surface area contributed by atoms with Crippen LogP contribution in [0.3, 0.4) is 0 Å². The van der Waals surface area contributed by atoms with E-state index >= 15 is 0 Å². The zero-order valence-electron chi connectivity index (χ0n) is 28.1. The topological polar surface area (TPSA) is 51.6 Å². The van der Waals surface area contributed by atoms with E-state index in [1.165, 1.54) is 43.3 Å². The fraction of sp³-hybridized carbons (Fsp3) is 0. The number of benzene rings is 8. The summed E-state index contributed by atoms with van der Waals surface area (Å²) in [5.41, 5.74) is 7.33. The molecule has 8 aromatic carbocycles. The van der Waals surface area contributed by atoms with Crippen molar-refractivity contribution >= 4 is 43.1 Å². The van der Waals surface area contributed by atoms with Crippen LogP contribution >= 0.6 is 0 Å². The number of pyridine rings is 1. The van der Waals surface area contributed by atoms with Gasteiger partial charge in [-0.05, 0) is 60.5 Å². The minimum atomic E-state index is 0.628. The Kier molecular flexibility index (Phi) is 7.10. The van der Waals surface area contributed by atoms with Gasteiger partial charge in [0, 0.05) is 40.0 Å². The van der Waals surface area contributed by atoms with Crippen LogP contribution in [0.4, 0.5) is 0 Å². The molecule has 10 aromatic rings. The molecule has 52 heavy (non-hydrogen) atoms. The van der Waals surface area contributed by atoms with E-state index in [1.54, 1.807) is 0 Å². The predicted octanol–water partition coefficient (Wildman–Crippen LogP) is 12.2. The zero-order chi connectivity index (χ0) is 34.4. The van der Waals surface area contributed by atoms with E-state index in [0.29, 0.717) is 17.5 Å². The largest absolute Gasteiger partial charge is 0.263 e. The molecule has 0 fully saturated rings. The maximum atomic E-state index is 5.04. The lowest BCUT2D eigenvalue weighted by molar-refractivity contribution is 1.07. The monoisotopic (exact) mass is 662 g/mol. The van der Waals surface area contributed by atoms with E-state index in [9.17, 15) is 0 Å². The SMILES string of the molecule is c1ccc(-c2nc(-c3ccc(-c4cncc5ccccc45)cc3)nc(-c3ccc(-c4cc5ccc6ccccc6c5c5ccccc45)cc3)n2)cc1. The lowest BCUT2D eigenvalue weighted by Crippen LogP contribution is -2.00. The van der Waals surface area contributed by atoms with Crippen LogP contribution in [0.5, 0.6) is 0 Å². The molecule has 4 heteroatoms. The van der Waals surface area contributed by atoms with Crippen molar-refractivity contribution in [2.75, 3.05) is 0 Å². The number of hydrogen-bond acceptors (Lipinski definition) is 4.